The van der Waals surface area contributed by atoms with Crippen molar-refractivity contribution in [3.63, 3.8) is 0 Å². The van der Waals surface area contributed by atoms with Gasteiger partial charge >= 0.3 is 0 Å². The number of piperidine rings is 1. The highest BCUT2D eigenvalue weighted by Gasteiger charge is 2.26. The van der Waals surface area contributed by atoms with Gasteiger partial charge in [-0.15, -0.1) is 0 Å². The van der Waals surface area contributed by atoms with Crippen LogP contribution in [0.5, 0.6) is 5.75 Å². The lowest BCUT2D eigenvalue weighted by molar-refractivity contribution is -0.114. The zero-order valence-electron chi connectivity index (χ0n) is 22.5. The molecule has 1 fully saturated rings. The highest BCUT2D eigenvalue weighted by molar-refractivity contribution is 6.06. The number of likely N-dealkylation sites (tertiary alicyclic amines) is 1. The van der Waals surface area contributed by atoms with Crippen molar-refractivity contribution in [3.05, 3.63) is 95.2 Å². The molecule has 0 aromatic heterocycles. The fourth-order valence-electron chi connectivity index (χ4n) is 5.03. The third-order valence-corrected chi connectivity index (χ3v) is 7.06. The topological polar surface area (TPSA) is 79.0 Å². The molecule has 0 saturated carbocycles. The molecule has 1 aliphatic rings. The van der Waals surface area contributed by atoms with Gasteiger partial charge in [-0.05, 0) is 66.8 Å². The molecule has 0 aliphatic carbocycles. The molecule has 1 saturated heterocycles. The number of carbonyl (C=O) groups excluding carboxylic acids is 3. The fraction of sp³-hybridized carbons (Fsp3) is 0.290. The molecule has 3 aromatic carbocycles. The van der Waals surface area contributed by atoms with Gasteiger partial charge in [0.15, 0.2) is 0 Å². The van der Waals surface area contributed by atoms with Crippen molar-refractivity contribution in [2.45, 2.75) is 32.1 Å². The second-order valence-electron chi connectivity index (χ2n) is 9.61. The van der Waals surface area contributed by atoms with E-state index in [2.05, 4.69) is 5.32 Å². The zero-order chi connectivity index (χ0) is 28.6. The molecule has 0 bridgehead atoms. The highest BCUT2D eigenvalue weighted by Crippen LogP contribution is 2.34. The SMILES string of the molecule is COc1ccc(C(=O)N(CCC(=C=O)N2CCC(c3ccccc3NC(C)=O)CC2)c2ccc(F)cc2F)cc1. The standard InChI is InChI=1S/C31H31F2N3O4/c1-21(38)34-29-6-4-3-5-27(29)22-13-16-35(17-14-22)25(20-37)15-18-36(30-12-9-24(32)19-28(30)33)31(39)23-7-10-26(40-2)11-8-23/h3-12,19,22H,13-18H2,1-2H3,(H,34,38). The van der Waals surface area contributed by atoms with E-state index in [-0.39, 0.29) is 30.5 Å². The largest absolute Gasteiger partial charge is 0.497 e. The Kier molecular flexibility index (Phi) is 9.30. The van der Waals surface area contributed by atoms with E-state index in [9.17, 15) is 23.2 Å². The van der Waals surface area contributed by atoms with E-state index >= 15 is 0 Å². The Morgan fingerprint density at radius 2 is 1.75 bits per heavy atom. The van der Waals surface area contributed by atoms with Crippen molar-refractivity contribution in [1.29, 1.82) is 0 Å². The molecule has 9 heteroatoms. The summed E-state index contributed by atoms with van der Waals surface area (Å²) in [5.41, 5.74) is 2.43. The van der Waals surface area contributed by atoms with Crippen LogP contribution in [0.1, 0.15) is 48.0 Å². The summed E-state index contributed by atoms with van der Waals surface area (Å²) in [7, 11) is 1.51. The van der Waals surface area contributed by atoms with Crippen molar-refractivity contribution >= 4 is 29.1 Å². The number of nitrogens with zero attached hydrogens (tertiary/aromatic N) is 2. The van der Waals surface area contributed by atoms with E-state index in [1.807, 2.05) is 35.1 Å². The lowest BCUT2D eigenvalue weighted by Crippen LogP contribution is -2.37. The molecule has 0 spiro atoms. The van der Waals surface area contributed by atoms with Crippen molar-refractivity contribution in [1.82, 2.24) is 4.90 Å². The van der Waals surface area contributed by atoms with Crippen LogP contribution in [0.3, 0.4) is 0 Å². The van der Waals surface area contributed by atoms with Crippen LogP contribution in [0.15, 0.2) is 72.4 Å². The number of para-hydroxylation sites is 1. The minimum absolute atomic E-state index is 0.0106. The molecule has 40 heavy (non-hydrogen) atoms. The van der Waals surface area contributed by atoms with Gasteiger partial charge in [-0.1, -0.05) is 18.2 Å². The third-order valence-electron chi connectivity index (χ3n) is 7.06. The van der Waals surface area contributed by atoms with Gasteiger partial charge in [0, 0.05) is 50.3 Å². The maximum Gasteiger partial charge on any atom is 0.258 e. The zero-order valence-corrected chi connectivity index (χ0v) is 22.5. The van der Waals surface area contributed by atoms with Gasteiger partial charge in [0.05, 0.1) is 12.8 Å². The normalized spacial score (nSPS) is 13.3. The molecular weight excluding hydrogens is 516 g/mol. The summed E-state index contributed by atoms with van der Waals surface area (Å²) in [6.07, 6.45) is 1.64. The summed E-state index contributed by atoms with van der Waals surface area (Å²) < 4.78 is 33.6. The van der Waals surface area contributed by atoms with E-state index in [1.54, 1.807) is 24.3 Å². The van der Waals surface area contributed by atoms with Crippen molar-refractivity contribution < 1.29 is 27.9 Å². The van der Waals surface area contributed by atoms with Gasteiger partial charge in [-0.3, -0.25) is 9.59 Å². The first-order valence-electron chi connectivity index (χ1n) is 13.1. The number of halogens is 2. The summed E-state index contributed by atoms with van der Waals surface area (Å²) in [5, 5.41) is 2.88. The molecule has 1 heterocycles. The summed E-state index contributed by atoms with van der Waals surface area (Å²) in [5.74, 6) is 0.515. The first-order valence-corrected chi connectivity index (χ1v) is 13.1. The van der Waals surface area contributed by atoms with Gasteiger partial charge in [0.1, 0.15) is 29.0 Å². The maximum absolute atomic E-state index is 14.8. The molecule has 3 aromatic rings. The Hall–Kier alpha value is -4.49. The number of ether oxygens (including phenoxy) is 1. The number of amides is 2. The summed E-state index contributed by atoms with van der Waals surface area (Å²) in [6.45, 7) is 2.63. The molecule has 0 radical (unpaired) electrons. The number of carbonyl (C=O) groups is 2. The van der Waals surface area contributed by atoms with Gasteiger partial charge in [-0.25, -0.2) is 13.6 Å². The molecule has 1 aliphatic heterocycles. The monoisotopic (exact) mass is 547 g/mol. The van der Waals surface area contributed by atoms with Crippen LogP contribution < -0.4 is 15.0 Å². The second-order valence-corrected chi connectivity index (χ2v) is 9.61. The number of methoxy groups -OCH3 is 1. The highest BCUT2D eigenvalue weighted by atomic mass is 19.1. The van der Waals surface area contributed by atoms with Crippen LogP contribution >= 0.6 is 0 Å². The van der Waals surface area contributed by atoms with Crippen LogP contribution in [0.2, 0.25) is 0 Å². The summed E-state index contributed by atoms with van der Waals surface area (Å²) in [4.78, 5) is 40.2. The van der Waals surface area contributed by atoms with Crippen LogP contribution in [0.4, 0.5) is 20.2 Å². The van der Waals surface area contributed by atoms with Crippen molar-refractivity contribution in [2.75, 3.05) is 37.0 Å². The Balaban J connectivity index is 1.48. The molecule has 0 unspecified atom stereocenters. The lowest BCUT2D eigenvalue weighted by Gasteiger charge is -2.35. The predicted octanol–water partition coefficient (Wildman–Crippen LogP) is 5.56. The molecule has 7 nitrogen and oxygen atoms in total. The number of rotatable bonds is 9. The molecular formula is C31H31F2N3O4. The number of nitrogens with one attached hydrogen (secondary N) is 1. The summed E-state index contributed by atoms with van der Waals surface area (Å²) >= 11 is 0. The number of benzene rings is 3. The minimum Gasteiger partial charge on any atom is -0.497 e. The smallest absolute Gasteiger partial charge is 0.258 e. The van der Waals surface area contributed by atoms with Gasteiger partial charge < -0.3 is 19.9 Å². The third kappa shape index (κ3) is 6.74. The van der Waals surface area contributed by atoms with Crippen LogP contribution in [-0.4, -0.2) is 49.4 Å². The van der Waals surface area contributed by atoms with E-state index in [1.165, 1.54) is 25.0 Å². The van der Waals surface area contributed by atoms with E-state index in [4.69, 9.17) is 4.74 Å². The Morgan fingerprint density at radius 1 is 1.05 bits per heavy atom. The Bertz CT molecular complexity index is 1410. The summed E-state index contributed by atoms with van der Waals surface area (Å²) in [6, 6.07) is 17.1. The van der Waals surface area contributed by atoms with Gasteiger partial charge in [0.25, 0.3) is 5.91 Å². The minimum atomic E-state index is -0.878. The van der Waals surface area contributed by atoms with Gasteiger partial charge in [-0.2, -0.15) is 0 Å². The molecule has 0 atom stereocenters. The van der Waals surface area contributed by atoms with E-state index in [0.29, 0.717) is 30.1 Å². The number of anilines is 2. The van der Waals surface area contributed by atoms with Crippen molar-refractivity contribution in [2.24, 2.45) is 0 Å². The van der Waals surface area contributed by atoms with Crippen LogP contribution in [-0.2, 0) is 9.59 Å². The first-order chi connectivity index (χ1) is 19.3. The number of hydrogen-bond acceptors (Lipinski definition) is 5. The van der Waals surface area contributed by atoms with E-state index < -0.39 is 17.5 Å². The van der Waals surface area contributed by atoms with E-state index in [0.717, 1.165) is 36.2 Å². The molecule has 4 rings (SSSR count). The predicted molar refractivity (Wildman–Crippen MR) is 149 cm³/mol. The average Bonchev–Trinajstić information content (AvgIpc) is 2.96. The molecule has 1 N–H and O–H groups in total. The Labute approximate surface area is 232 Å². The quantitative estimate of drug-likeness (QED) is 0.355. The molecule has 2 amide bonds. The Morgan fingerprint density at radius 3 is 2.38 bits per heavy atom. The van der Waals surface area contributed by atoms with Gasteiger partial charge in [0.2, 0.25) is 5.91 Å². The van der Waals surface area contributed by atoms with Crippen molar-refractivity contribution in [3.8, 4) is 5.75 Å². The van der Waals surface area contributed by atoms with Crippen LogP contribution in [0, 0.1) is 11.6 Å². The first kappa shape index (κ1) is 28.5. The maximum atomic E-state index is 14.8. The number of hydrogen-bond donors (Lipinski definition) is 1. The second kappa shape index (κ2) is 13.0. The fourth-order valence-corrected chi connectivity index (χ4v) is 5.03. The van der Waals surface area contributed by atoms with Crippen LogP contribution in [0.25, 0.3) is 0 Å². The lowest BCUT2D eigenvalue weighted by atomic mass is 9.88. The molecule has 208 valence electrons. The average molecular weight is 548 g/mol.